The largest absolute Gasteiger partial charge is 0.126 e. The van der Waals surface area contributed by atoms with Gasteiger partial charge in [0.05, 0.1) is 0 Å². The van der Waals surface area contributed by atoms with Gasteiger partial charge in [0.25, 0.3) is 0 Å². The van der Waals surface area contributed by atoms with E-state index in [1.807, 2.05) is 0 Å². The minimum Gasteiger partial charge on any atom is -0.126 e. The van der Waals surface area contributed by atoms with Crippen molar-refractivity contribution < 1.29 is 0 Å². The van der Waals surface area contributed by atoms with E-state index in [2.05, 4.69) is 26.0 Å². The van der Waals surface area contributed by atoms with Crippen molar-refractivity contribution in [2.24, 2.45) is 23.2 Å². The van der Waals surface area contributed by atoms with Crippen molar-refractivity contribution in [2.45, 2.75) is 78.1 Å². The van der Waals surface area contributed by atoms with Crippen molar-refractivity contribution in [3.8, 4) is 0 Å². The van der Waals surface area contributed by atoms with Gasteiger partial charge in [0.15, 0.2) is 0 Å². The molecule has 2 aliphatic rings. The third-order valence-electron chi connectivity index (χ3n) is 5.38. The summed E-state index contributed by atoms with van der Waals surface area (Å²) in [4.78, 5) is 0. The van der Waals surface area contributed by atoms with Crippen LogP contribution in [-0.2, 0) is 0 Å². The first-order chi connectivity index (χ1) is 9.64. The zero-order valence-electron chi connectivity index (χ0n) is 13.5. The average molecular weight is 297 g/mol. The summed E-state index contributed by atoms with van der Waals surface area (Å²) in [6, 6.07) is 0. The van der Waals surface area contributed by atoms with Gasteiger partial charge in [-0.05, 0) is 48.9 Å². The summed E-state index contributed by atoms with van der Waals surface area (Å²) in [5.74, 6) is 3.52. The van der Waals surface area contributed by atoms with Gasteiger partial charge in [0, 0.05) is 5.88 Å². The Bertz CT molecular complexity index is 299. The molecule has 1 heteroatoms. The number of rotatable bonds is 12. The molecule has 0 bridgehead atoms. The maximum absolute atomic E-state index is 6.23. The van der Waals surface area contributed by atoms with Crippen LogP contribution in [0.1, 0.15) is 78.1 Å². The molecule has 0 amide bonds. The molecule has 0 aromatic heterocycles. The van der Waals surface area contributed by atoms with Gasteiger partial charge in [-0.2, -0.15) is 0 Å². The molecule has 0 aromatic carbocycles. The molecule has 1 saturated carbocycles. The van der Waals surface area contributed by atoms with E-state index in [9.17, 15) is 0 Å². The average Bonchev–Trinajstić information content (AvgIpc) is 3.29. The van der Waals surface area contributed by atoms with Crippen LogP contribution in [0.3, 0.4) is 0 Å². The molecule has 0 aromatic rings. The molecule has 0 heterocycles. The molecular formula is C19H33Cl. The molecule has 116 valence electrons. The van der Waals surface area contributed by atoms with Crippen molar-refractivity contribution in [3.05, 3.63) is 12.2 Å². The minimum absolute atomic E-state index is 0.429. The van der Waals surface area contributed by atoms with Gasteiger partial charge in [-0.3, -0.25) is 0 Å². The Hall–Kier alpha value is 0.0300. The third kappa shape index (κ3) is 5.80. The Morgan fingerprint density at radius 1 is 1.10 bits per heavy atom. The van der Waals surface area contributed by atoms with Crippen LogP contribution in [0, 0.1) is 23.2 Å². The Morgan fingerprint density at radius 3 is 2.35 bits per heavy atom. The molecule has 2 rings (SSSR count). The predicted molar refractivity (Wildman–Crippen MR) is 90.3 cm³/mol. The fourth-order valence-electron chi connectivity index (χ4n) is 3.68. The fourth-order valence-corrected chi connectivity index (χ4v) is 4.01. The summed E-state index contributed by atoms with van der Waals surface area (Å²) in [6.45, 7) is 4.85. The molecule has 2 aliphatic carbocycles. The first kappa shape index (κ1) is 16.4. The summed E-state index contributed by atoms with van der Waals surface area (Å²) in [6.07, 6.45) is 18.8. The quantitative estimate of drug-likeness (QED) is 0.217. The van der Waals surface area contributed by atoms with E-state index in [0.717, 1.165) is 23.6 Å². The van der Waals surface area contributed by atoms with Crippen LogP contribution in [-0.4, -0.2) is 5.88 Å². The van der Waals surface area contributed by atoms with Crippen LogP contribution in [0.5, 0.6) is 0 Å². The van der Waals surface area contributed by atoms with E-state index < -0.39 is 0 Å². The van der Waals surface area contributed by atoms with Crippen molar-refractivity contribution >= 4 is 11.6 Å². The van der Waals surface area contributed by atoms with Crippen LogP contribution in [0.4, 0.5) is 0 Å². The lowest BCUT2D eigenvalue weighted by Gasteiger charge is -2.30. The van der Waals surface area contributed by atoms with E-state index in [4.69, 9.17) is 11.6 Å². The maximum Gasteiger partial charge on any atom is 0.0280 e. The summed E-state index contributed by atoms with van der Waals surface area (Å²) in [5, 5.41) is 0. The molecule has 1 fully saturated rings. The Labute approximate surface area is 131 Å². The van der Waals surface area contributed by atoms with Crippen LogP contribution in [0.15, 0.2) is 12.2 Å². The molecule has 0 radical (unpaired) electrons. The molecular weight excluding hydrogens is 264 g/mol. The van der Waals surface area contributed by atoms with Crippen molar-refractivity contribution in [1.82, 2.24) is 0 Å². The molecule has 20 heavy (non-hydrogen) atoms. The van der Waals surface area contributed by atoms with E-state index in [-0.39, 0.29) is 0 Å². The third-order valence-corrected chi connectivity index (χ3v) is 5.99. The first-order valence-corrected chi connectivity index (χ1v) is 9.42. The number of hydrogen-bond donors (Lipinski definition) is 0. The van der Waals surface area contributed by atoms with Crippen LogP contribution >= 0.6 is 11.6 Å². The lowest BCUT2D eigenvalue weighted by molar-refractivity contribution is 0.232. The second kappa shape index (κ2) is 7.87. The van der Waals surface area contributed by atoms with Crippen molar-refractivity contribution in [1.29, 1.82) is 0 Å². The molecule has 0 saturated heterocycles. The summed E-state index contributed by atoms with van der Waals surface area (Å²) in [7, 11) is 0. The normalized spacial score (nSPS) is 22.8. The number of hydrogen-bond acceptors (Lipinski definition) is 0. The summed E-state index contributed by atoms with van der Waals surface area (Å²) in [5.41, 5.74) is 0.429. The van der Waals surface area contributed by atoms with E-state index in [1.165, 1.54) is 64.2 Å². The first-order valence-electron chi connectivity index (χ1n) is 8.88. The van der Waals surface area contributed by atoms with Gasteiger partial charge in [0.1, 0.15) is 0 Å². The zero-order valence-corrected chi connectivity index (χ0v) is 14.3. The number of halogens is 1. The smallest absolute Gasteiger partial charge is 0.0280 e. The van der Waals surface area contributed by atoms with Gasteiger partial charge in [-0.1, -0.05) is 64.5 Å². The Balaban J connectivity index is 1.45. The van der Waals surface area contributed by atoms with Crippen molar-refractivity contribution in [2.75, 3.05) is 5.88 Å². The highest BCUT2D eigenvalue weighted by molar-refractivity contribution is 6.18. The second-order valence-corrected chi connectivity index (χ2v) is 8.03. The molecule has 2 atom stereocenters. The highest BCUT2D eigenvalue weighted by atomic mass is 35.5. The molecule has 1 unspecified atom stereocenters. The molecule has 0 spiro atoms. The van der Waals surface area contributed by atoms with Crippen LogP contribution in [0.25, 0.3) is 0 Å². The number of unbranched alkanes of at least 4 members (excludes halogenated alkanes) is 4. The van der Waals surface area contributed by atoms with E-state index in [1.54, 1.807) is 0 Å². The van der Waals surface area contributed by atoms with E-state index >= 15 is 0 Å². The van der Waals surface area contributed by atoms with E-state index in [0.29, 0.717) is 5.41 Å². The van der Waals surface area contributed by atoms with Crippen LogP contribution in [0.2, 0.25) is 0 Å². The Kier molecular flexibility index (Phi) is 6.46. The fraction of sp³-hybridized carbons (Fsp3) is 0.895. The SMILES string of the molecule is C[C@H](CCCCCCCC1C=C1)CC(C)(CCl)C1CC1. The highest BCUT2D eigenvalue weighted by Gasteiger charge is 2.41. The molecule has 0 N–H and O–H groups in total. The molecule has 0 aliphatic heterocycles. The monoisotopic (exact) mass is 296 g/mol. The standard InChI is InChI=1S/C19H33Cl/c1-16(14-19(2,15-20)18-12-13-18)8-6-4-3-5-7-9-17-10-11-17/h10-11,16-18H,3-9,12-15H2,1-2H3/t16-,19?/m1/s1. The zero-order chi connectivity index (χ0) is 14.4. The topological polar surface area (TPSA) is 0 Å². The number of alkyl halides is 1. The lowest BCUT2D eigenvalue weighted by Crippen LogP contribution is -2.24. The highest BCUT2D eigenvalue weighted by Crippen LogP contribution is 2.50. The summed E-state index contributed by atoms with van der Waals surface area (Å²) < 4.78 is 0. The van der Waals surface area contributed by atoms with Crippen LogP contribution < -0.4 is 0 Å². The summed E-state index contributed by atoms with van der Waals surface area (Å²) >= 11 is 6.23. The van der Waals surface area contributed by atoms with Gasteiger partial charge in [-0.25, -0.2) is 0 Å². The number of allylic oxidation sites excluding steroid dienone is 2. The van der Waals surface area contributed by atoms with Gasteiger partial charge < -0.3 is 0 Å². The lowest BCUT2D eigenvalue weighted by atomic mass is 9.77. The molecule has 0 nitrogen and oxygen atoms in total. The van der Waals surface area contributed by atoms with Gasteiger partial charge >= 0.3 is 0 Å². The van der Waals surface area contributed by atoms with Gasteiger partial charge in [-0.15, -0.1) is 11.6 Å². The minimum atomic E-state index is 0.429. The van der Waals surface area contributed by atoms with Crippen molar-refractivity contribution in [3.63, 3.8) is 0 Å². The maximum atomic E-state index is 6.23. The predicted octanol–water partition coefficient (Wildman–Crippen LogP) is 6.58. The Morgan fingerprint density at radius 2 is 1.75 bits per heavy atom. The van der Waals surface area contributed by atoms with Gasteiger partial charge in [0.2, 0.25) is 0 Å². The second-order valence-electron chi connectivity index (χ2n) is 7.77.